The fourth-order valence-electron chi connectivity index (χ4n) is 4.98. The van der Waals surface area contributed by atoms with Crippen molar-refractivity contribution in [2.24, 2.45) is 5.92 Å². The first-order chi connectivity index (χ1) is 15.5. The highest BCUT2D eigenvalue weighted by Crippen LogP contribution is 2.45. The summed E-state index contributed by atoms with van der Waals surface area (Å²) in [6.07, 6.45) is 3.72. The Balaban J connectivity index is 1.36. The normalized spacial score (nSPS) is 21.5. The second kappa shape index (κ2) is 8.62. The molecule has 2 N–H and O–H groups in total. The number of fused-ring (bicyclic) bond motifs is 1. The van der Waals surface area contributed by atoms with Crippen LogP contribution in [0.15, 0.2) is 36.4 Å². The molecule has 32 heavy (non-hydrogen) atoms. The number of H-pyrrole nitrogens is 1. The predicted molar refractivity (Wildman–Crippen MR) is 116 cm³/mol. The molecule has 4 nitrogen and oxygen atoms in total. The molecule has 0 bridgehead atoms. The summed E-state index contributed by atoms with van der Waals surface area (Å²) in [5.41, 5.74) is 2.44. The zero-order valence-electron chi connectivity index (χ0n) is 17.6. The third-order valence-electron chi connectivity index (χ3n) is 6.72. The van der Waals surface area contributed by atoms with Crippen LogP contribution in [-0.2, 0) is 9.53 Å². The van der Waals surface area contributed by atoms with Crippen molar-refractivity contribution in [2.75, 3.05) is 13.2 Å². The van der Waals surface area contributed by atoms with E-state index in [4.69, 9.17) is 4.74 Å². The fourth-order valence-corrected chi connectivity index (χ4v) is 4.98. The lowest BCUT2D eigenvalue weighted by Gasteiger charge is -2.37. The third-order valence-corrected chi connectivity index (χ3v) is 6.72. The molecule has 168 valence electrons. The van der Waals surface area contributed by atoms with Gasteiger partial charge in [0.1, 0.15) is 17.5 Å². The molecule has 2 aliphatic rings. The largest absolute Gasteiger partial charge is 0.381 e. The molecule has 1 aliphatic heterocycles. The van der Waals surface area contributed by atoms with Crippen molar-refractivity contribution in [1.29, 1.82) is 0 Å². The number of amides is 1. The van der Waals surface area contributed by atoms with Crippen molar-refractivity contribution >= 4 is 16.8 Å². The summed E-state index contributed by atoms with van der Waals surface area (Å²) in [6, 6.07) is 8.19. The summed E-state index contributed by atoms with van der Waals surface area (Å²) in [6.45, 7) is 1.42. The average Bonchev–Trinajstić information content (AvgIpc) is 3.11. The lowest BCUT2D eigenvalue weighted by molar-refractivity contribution is -0.124. The van der Waals surface area contributed by atoms with Gasteiger partial charge >= 0.3 is 0 Å². The number of rotatable bonds is 5. The minimum atomic E-state index is -0.657. The molecular weight excluding hydrogens is 417 g/mol. The van der Waals surface area contributed by atoms with E-state index in [1.54, 1.807) is 12.1 Å². The van der Waals surface area contributed by atoms with Gasteiger partial charge < -0.3 is 15.0 Å². The Morgan fingerprint density at radius 2 is 1.75 bits per heavy atom. The first kappa shape index (κ1) is 21.1. The maximum Gasteiger partial charge on any atom is 0.220 e. The van der Waals surface area contributed by atoms with Crippen LogP contribution in [0.25, 0.3) is 22.2 Å². The van der Waals surface area contributed by atoms with Crippen LogP contribution in [0, 0.1) is 23.4 Å². The van der Waals surface area contributed by atoms with Crippen LogP contribution in [0.4, 0.5) is 13.2 Å². The van der Waals surface area contributed by atoms with Crippen molar-refractivity contribution in [1.82, 2.24) is 10.3 Å². The zero-order valence-corrected chi connectivity index (χ0v) is 17.6. The van der Waals surface area contributed by atoms with Crippen molar-refractivity contribution in [3.8, 4) is 11.3 Å². The Bertz CT molecular complexity index is 1130. The Morgan fingerprint density at radius 1 is 1.03 bits per heavy atom. The second-order valence-electron chi connectivity index (χ2n) is 8.92. The van der Waals surface area contributed by atoms with Crippen LogP contribution >= 0.6 is 0 Å². The summed E-state index contributed by atoms with van der Waals surface area (Å²) in [7, 11) is 0. The van der Waals surface area contributed by atoms with Crippen molar-refractivity contribution in [2.45, 2.75) is 44.1 Å². The highest BCUT2D eigenvalue weighted by atomic mass is 19.1. The van der Waals surface area contributed by atoms with E-state index in [1.165, 1.54) is 18.2 Å². The standard InChI is InChI=1S/C25H25F3N2O2/c26-17-3-1-15(2-4-17)24-23(20-12-18(27)13-21(28)25(20)30-24)16-10-19(11-16)29-22(31)9-14-5-7-32-8-6-14/h1-4,12-14,16,19,30H,5-11H2,(H,29,31). The van der Waals surface area contributed by atoms with Gasteiger partial charge in [0.05, 0.1) is 11.2 Å². The van der Waals surface area contributed by atoms with Crippen LogP contribution in [0.2, 0.25) is 0 Å². The van der Waals surface area contributed by atoms with E-state index in [1.807, 2.05) is 0 Å². The molecule has 1 amide bonds. The van der Waals surface area contributed by atoms with Crippen molar-refractivity contribution in [3.05, 3.63) is 59.4 Å². The number of ether oxygens (including phenoxy) is 1. The quantitative estimate of drug-likeness (QED) is 0.554. The van der Waals surface area contributed by atoms with E-state index >= 15 is 0 Å². The highest BCUT2D eigenvalue weighted by molar-refractivity contribution is 5.92. The number of halogens is 3. The minimum Gasteiger partial charge on any atom is -0.381 e. The first-order valence-corrected chi connectivity index (χ1v) is 11.1. The van der Waals surface area contributed by atoms with Gasteiger partial charge in [0.25, 0.3) is 0 Å². The molecule has 2 fully saturated rings. The predicted octanol–water partition coefficient (Wildman–Crippen LogP) is 5.43. The zero-order chi connectivity index (χ0) is 22.2. The third kappa shape index (κ3) is 4.13. The molecule has 1 aromatic heterocycles. The average molecular weight is 442 g/mol. The Kier molecular flexibility index (Phi) is 5.67. The molecule has 0 unspecified atom stereocenters. The van der Waals surface area contributed by atoms with Gasteiger partial charge in [-0.2, -0.15) is 0 Å². The van der Waals surface area contributed by atoms with Crippen LogP contribution in [-0.4, -0.2) is 30.1 Å². The number of aromatic amines is 1. The van der Waals surface area contributed by atoms with E-state index in [-0.39, 0.29) is 29.2 Å². The topological polar surface area (TPSA) is 54.1 Å². The molecule has 3 aromatic rings. The van der Waals surface area contributed by atoms with Gasteiger partial charge in [-0.05, 0) is 79.0 Å². The molecule has 5 rings (SSSR count). The molecule has 7 heteroatoms. The van der Waals surface area contributed by atoms with Crippen LogP contribution in [0.5, 0.6) is 0 Å². The number of hydrogen-bond acceptors (Lipinski definition) is 2. The number of carbonyl (C=O) groups excluding carboxylic acids is 1. The maximum absolute atomic E-state index is 14.5. The van der Waals surface area contributed by atoms with Crippen LogP contribution in [0.1, 0.15) is 43.6 Å². The van der Waals surface area contributed by atoms with Crippen LogP contribution < -0.4 is 5.32 Å². The van der Waals surface area contributed by atoms with Crippen molar-refractivity contribution < 1.29 is 22.7 Å². The van der Waals surface area contributed by atoms with E-state index in [9.17, 15) is 18.0 Å². The summed E-state index contributed by atoms with van der Waals surface area (Å²) < 4.78 is 47.3. The van der Waals surface area contributed by atoms with Gasteiger partial charge in [-0.15, -0.1) is 0 Å². The minimum absolute atomic E-state index is 0.0387. The number of aromatic nitrogens is 1. The van der Waals surface area contributed by atoms with Gasteiger partial charge in [0, 0.05) is 37.1 Å². The molecule has 2 heterocycles. The maximum atomic E-state index is 14.5. The molecule has 2 aromatic carbocycles. The molecule has 0 atom stereocenters. The monoisotopic (exact) mass is 442 g/mol. The molecule has 1 saturated carbocycles. The lowest BCUT2D eigenvalue weighted by atomic mass is 9.74. The van der Waals surface area contributed by atoms with Gasteiger partial charge in [0.2, 0.25) is 5.91 Å². The van der Waals surface area contributed by atoms with E-state index < -0.39 is 11.6 Å². The first-order valence-electron chi connectivity index (χ1n) is 11.1. The fraction of sp³-hybridized carbons (Fsp3) is 0.400. The highest BCUT2D eigenvalue weighted by Gasteiger charge is 2.35. The number of benzene rings is 2. The smallest absolute Gasteiger partial charge is 0.220 e. The summed E-state index contributed by atoms with van der Waals surface area (Å²) in [4.78, 5) is 15.5. The van der Waals surface area contributed by atoms with Crippen molar-refractivity contribution in [3.63, 3.8) is 0 Å². The Morgan fingerprint density at radius 3 is 2.47 bits per heavy atom. The summed E-state index contributed by atoms with van der Waals surface area (Å²) in [5, 5.41) is 3.60. The lowest BCUT2D eigenvalue weighted by Crippen LogP contribution is -2.44. The molecule has 1 aliphatic carbocycles. The summed E-state index contributed by atoms with van der Waals surface area (Å²) >= 11 is 0. The van der Waals surface area contributed by atoms with Gasteiger partial charge in [0.15, 0.2) is 0 Å². The van der Waals surface area contributed by atoms with Crippen LogP contribution in [0.3, 0.4) is 0 Å². The Labute approximate surface area is 184 Å². The molecule has 0 spiro atoms. The molecular formula is C25H25F3N2O2. The van der Waals surface area contributed by atoms with Gasteiger partial charge in [-0.25, -0.2) is 13.2 Å². The Hall–Kier alpha value is -2.80. The van der Waals surface area contributed by atoms with E-state index in [0.29, 0.717) is 55.0 Å². The molecule has 0 radical (unpaired) electrons. The number of nitrogens with one attached hydrogen (secondary N) is 2. The second-order valence-corrected chi connectivity index (χ2v) is 8.92. The van der Waals surface area contributed by atoms with Gasteiger partial charge in [-0.3, -0.25) is 4.79 Å². The number of hydrogen-bond donors (Lipinski definition) is 2. The SMILES string of the molecule is O=C(CC1CCOCC1)NC1CC(c2c(-c3ccc(F)cc3)[nH]c3c(F)cc(F)cc23)C1. The number of carbonyl (C=O) groups is 1. The van der Waals surface area contributed by atoms with Gasteiger partial charge in [-0.1, -0.05) is 0 Å². The van der Waals surface area contributed by atoms with E-state index in [0.717, 1.165) is 24.5 Å². The molecule has 1 saturated heterocycles. The summed E-state index contributed by atoms with van der Waals surface area (Å²) in [5.74, 6) is -1.20. The van der Waals surface area contributed by atoms with E-state index in [2.05, 4.69) is 10.3 Å².